The molecule has 0 bridgehead atoms. The number of hydrogen-bond acceptors (Lipinski definition) is 6. The van der Waals surface area contributed by atoms with E-state index in [1.54, 1.807) is 37.4 Å². The lowest BCUT2D eigenvalue weighted by molar-refractivity contribution is 0.102. The van der Waals surface area contributed by atoms with Crippen molar-refractivity contribution in [1.29, 1.82) is 0 Å². The Kier molecular flexibility index (Phi) is 7.80. The van der Waals surface area contributed by atoms with Gasteiger partial charge in [0, 0.05) is 23.4 Å². The molecule has 28 heavy (non-hydrogen) atoms. The van der Waals surface area contributed by atoms with E-state index in [1.165, 1.54) is 21.3 Å². The Morgan fingerprint density at radius 1 is 0.857 bits per heavy atom. The van der Waals surface area contributed by atoms with Gasteiger partial charge in [-0.3, -0.25) is 4.79 Å². The minimum atomic E-state index is -0.298. The molecule has 0 spiro atoms. The number of unbranched alkanes of at least 4 members (excludes halogenated alkanes) is 1. The summed E-state index contributed by atoms with van der Waals surface area (Å²) in [4.78, 5) is 12.7. The van der Waals surface area contributed by atoms with Gasteiger partial charge in [-0.2, -0.15) is 0 Å². The summed E-state index contributed by atoms with van der Waals surface area (Å²) in [5, 5.41) is 2.83. The van der Waals surface area contributed by atoms with Gasteiger partial charge < -0.3 is 29.0 Å². The van der Waals surface area contributed by atoms with Crippen LogP contribution in [0, 0.1) is 0 Å². The fraction of sp³-hybridized carbons (Fsp3) is 0.381. The third-order valence-corrected chi connectivity index (χ3v) is 4.10. The third kappa shape index (κ3) is 5.00. The van der Waals surface area contributed by atoms with E-state index in [9.17, 15) is 4.79 Å². The van der Waals surface area contributed by atoms with E-state index in [0.717, 1.165) is 12.8 Å². The van der Waals surface area contributed by atoms with E-state index < -0.39 is 0 Å². The van der Waals surface area contributed by atoms with Gasteiger partial charge in [-0.05, 0) is 24.6 Å². The lowest BCUT2D eigenvalue weighted by atomic mass is 10.1. The molecular weight excluding hydrogens is 362 g/mol. The van der Waals surface area contributed by atoms with Gasteiger partial charge in [0.1, 0.15) is 0 Å². The number of carbonyl (C=O) groups is 1. The van der Waals surface area contributed by atoms with Crippen molar-refractivity contribution in [2.45, 2.75) is 19.8 Å². The SMILES string of the molecule is CCCCOc1ccc(C(=O)Nc2cc(OC)c(OC)c(OC)c2)cc1OC. The molecule has 2 aromatic rings. The zero-order valence-corrected chi connectivity index (χ0v) is 17.0. The normalized spacial score (nSPS) is 10.2. The highest BCUT2D eigenvalue weighted by Crippen LogP contribution is 2.40. The van der Waals surface area contributed by atoms with Crippen molar-refractivity contribution in [3.8, 4) is 28.7 Å². The van der Waals surface area contributed by atoms with Crippen LogP contribution < -0.4 is 29.0 Å². The maximum Gasteiger partial charge on any atom is 0.255 e. The largest absolute Gasteiger partial charge is 0.493 e. The smallest absolute Gasteiger partial charge is 0.255 e. The van der Waals surface area contributed by atoms with E-state index in [4.69, 9.17) is 23.7 Å². The number of hydrogen-bond donors (Lipinski definition) is 1. The zero-order valence-electron chi connectivity index (χ0n) is 17.0. The lowest BCUT2D eigenvalue weighted by Crippen LogP contribution is -2.12. The molecule has 152 valence electrons. The van der Waals surface area contributed by atoms with Crippen LogP contribution in [-0.2, 0) is 0 Å². The summed E-state index contributed by atoms with van der Waals surface area (Å²) < 4.78 is 27.0. The van der Waals surface area contributed by atoms with Crippen molar-refractivity contribution in [3.05, 3.63) is 35.9 Å². The maximum absolute atomic E-state index is 12.7. The van der Waals surface area contributed by atoms with Crippen LogP contribution in [0.2, 0.25) is 0 Å². The van der Waals surface area contributed by atoms with Gasteiger partial charge in [0.2, 0.25) is 5.75 Å². The number of nitrogens with one attached hydrogen (secondary N) is 1. The first kappa shape index (κ1) is 21.2. The summed E-state index contributed by atoms with van der Waals surface area (Å²) in [5.41, 5.74) is 0.954. The van der Waals surface area contributed by atoms with Gasteiger partial charge in [0.05, 0.1) is 35.0 Å². The highest BCUT2D eigenvalue weighted by atomic mass is 16.5. The molecule has 2 rings (SSSR count). The second-order valence-electron chi connectivity index (χ2n) is 5.94. The molecule has 0 aromatic heterocycles. The van der Waals surface area contributed by atoms with Crippen LogP contribution in [0.15, 0.2) is 30.3 Å². The van der Waals surface area contributed by atoms with Crippen molar-refractivity contribution in [1.82, 2.24) is 0 Å². The molecule has 0 aliphatic carbocycles. The second-order valence-corrected chi connectivity index (χ2v) is 5.94. The van der Waals surface area contributed by atoms with Crippen LogP contribution in [0.3, 0.4) is 0 Å². The topological polar surface area (TPSA) is 75.3 Å². The van der Waals surface area contributed by atoms with E-state index in [0.29, 0.717) is 46.6 Å². The quantitative estimate of drug-likeness (QED) is 0.615. The van der Waals surface area contributed by atoms with Crippen molar-refractivity contribution < 1.29 is 28.5 Å². The Balaban J connectivity index is 2.22. The Labute approximate surface area is 165 Å². The van der Waals surface area contributed by atoms with Crippen LogP contribution >= 0.6 is 0 Å². The standard InChI is InChI=1S/C21H27NO6/c1-6-7-10-28-16-9-8-14(11-17(16)24-2)21(23)22-15-12-18(25-3)20(27-5)19(13-15)26-4/h8-9,11-13H,6-7,10H2,1-5H3,(H,22,23). The molecule has 0 saturated carbocycles. The second kappa shape index (κ2) is 10.3. The monoisotopic (exact) mass is 389 g/mol. The summed E-state index contributed by atoms with van der Waals surface area (Å²) in [5.74, 6) is 2.18. The number of ether oxygens (including phenoxy) is 5. The van der Waals surface area contributed by atoms with Gasteiger partial charge in [0.15, 0.2) is 23.0 Å². The average Bonchev–Trinajstić information content (AvgIpc) is 2.73. The summed E-state index contributed by atoms with van der Waals surface area (Å²) in [6.45, 7) is 2.70. The van der Waals surface area contributed by atoms with E-state index in [2.05, 4.69) is 12.2 Å². The maximum atomic E-state index is 12.7. The molecular formula is C21H27NO6. The molecule has 2 aromatic carbocycles. The third-order valence-electron chi connectivity index (χ3n) is 4.10. The molecule has 0 radical (unpaired) electrons. The molecule has 1 N–H and O–H groups in total. The fourth-order valence-corrected chi connectivity index (χ4v) is 2.61. The molecule has 0 heterocycles. The molecule has 0 atom stereocenters. The lowest BCUT2D eigenvalue weighted by Gasteiger charge is -2.15. The molecule has 0 saturated heterocycles. The first-order chi connectivity index (χ1) is 13.6. The molecule has 0 unspecified atom stereocenters. The highest BCUT2D eigenvalue weighted by molar-refractivity contribution is 6.05. The average molecular weight is 389 g/mol. The molecule has 7 nitrogen and oxygen atoms in total. The van der Waals surface area contributed by atoms with Crippen molar-refractivity contribution in [2.24, 2.45) is 0 Å². The van der Waals surface area contributed by atoms with Gasteiger partial charge in [0.25, 0.3) is 5.91 Å². The van der Waals surface area contributed by atoms with Crippen LogP contribution in [0.5, 0.6) is 28.7 Å². The van der Waals surface area contributed by atoms with Gasteiger partial charge in [-0.1, -0.05) is 13.3 Å². The predicted molar refractivity (Wildman–Crippen MR) is 107 cm³/mol. The van der Waals surface area contributed by atoms with Crippen LogP contribution in [0.25, 0.3) is 0 Å². The van der Waals surface area contributed by atoms with Crippen molar-refractivity contribution in [2.75, 3.05) is 40.4 Å². The van der Waals surface area contributed by atoms with E-state index >= 15 is 0 Å². The summed E-state index contributed by atoms with van der Waals surface area (Å²) in [6.07, 6.45) is 1.99. The van der Waals surface area contributed by atoms with Gasteiger partial charge in [-0.25, -0.2) is 0 Å². The Bertz CT molecular complexity index is 780. The van der Waals surface area contributed by atoms with Gasteiger partial charge in [-0.15, -0.1) is 0 Å². The number of methoxy groups -OCH3 is 4. The summed E-state index contributed by atoms with van der Waals surface area (Å²) in [7, 11) is 6.11. The summed E-state index contributed by atoms with van der Waals surface area (Å²) >= 11 is 0. The number of carbonyl (C=O) groups excluding carboxylic acids is 1. The Morgan fingerprint density at radius 2 is 1.50 bits per heavy atom. The zero-order chi connectivity index (χ0) is 20.5. The van der Waals surface area contributed by atoms with E-state index in [1.807, 2.05) is 0 Å². The molecule has 0 aliphatic rings. The number of amides is 1. The molecule has 7 heteroatoms. The molecule has 1 amide bonds. The number of rotatable bonds is 10. The fourth-order valence-electron chi connectivity index (χ4n) is 2.61. The van der Waals surface area contributed by atoms with Crippen LogP contribution in [0.4, 0.5) is 5.69 Å². The minimum Gasteiger partial charge on any atom is -0.493 e. The Morgan fingerprint density at radius 3 is 2.04 bits per heavy atom. The van der Waals surface area contributed by atoms with Crippen LogP contribution in [0.1, 0.15) is 30.1 Å². The van der Waals surface area contributed by atoms with Crippen molar-refractivity contribution >= 4 is 11.6 Å². The first-order valence-corrected chi connectivity index (χ1v) is 9.00. The number of anilines is 1. The first-order valence-electron chi connectivity index (χ1n) is 9.00. The highest BCUT2D eigenvalue weighted by Gasteiger charge is 2.16. The number of benzene rings is 2. The Hall–Kier alpha value is -3.09. The van der Waals surface area contributed by atoms with Gasteiger partial charge >= 0.3 is 0 Å². The van der Waals surface area contributed by atoms with Crippen molar-refractivity contribution in [3.63, 3.8) is 0 Å². The van der Waals surface area contributed by atoms with Crippen LogP contribution in [-0.4, -0.2) is 41.0 Å². The van der Waals surface area contributed by atoms with E-state index in [-0.39, 0.29) is 5.91 Å². The minimum absolute atomic E-state index is 0.298. The molecule has 0 fully saturated rings. The summed E-state index contributed by atoms with van der Waals surface area (Å²) in [6, 6.07) is 8.40. The predicted octanol–water partition coefficient (Wildman–Crippen LogP) is 4.15. The molecule has 0 aliphatic heterocycles.